The number of pyridine rings is 1. The molecule has 9 heteroatoms. The van der Waals surface area contributed by atoms with Crippen molar-refractivity contribution in [2.24, 2.45) is 0 Å². The van der Waals surface area contributed by atoms with Crippen LogP contribution in [0.3, 0.4) is 0 Å². The number of aromatic amines is 1. The van der Waals surface area contributed by atoms with Gasteiger partial charge >= 0.3 is 0 Å². The molecule has 0 radical (unpaired) electrons. The summed E-state index contributed by atoms with van der Waals surface area (Å²) in [4.78, 5) is 14.7. The highest BCUT2D eigenvalue weighted by Gasteiger charge is 2.27. The Balaban J connectivity index is 1.63. The molecule has 0 spiro atoms. The number of fused-ring (bicyclic) bond motifs is 1. The molecule has 1 aliphatic rings. The van der Waals surface area contributed by atoms with E-state index in [2.05, 4.69) is 9.71 Å². The summed E-state index contributed by atoms with van der Waals surface area (Å²) in [6, 6.07) is 6.98. The van der Waals surface area contributed by atoms with Crippen molar-refractivity contribution in [1.29, 1.82) is 0 Å². The topological polar surface area (TPSA) is 99.3 Å². The fraction of sp³-hybridized carbons (Fsp3) is 0.278. The molecule has 0 bridgehead atoms. The van der Waals surface area contributed by atoms with Crippen LogP contribution in [0.15, 0.2) is 45.5 Å². The molecule has 1 aromatic carbocycles. The number of thiophene rings is 1. The molecule has 27 heavy (non-hydrogen) atoms. The number of anilines is 1. The summed E-state index contributed by atoms with van der Waals surface area (Å²) in [6.07, 6.45) is 3.24. The van der Waals surface area contributed by atoms with Crippen LogP contribution in [0.4, 0.5) is 10.1 Å². The first-order valence-electron chi connectivity index (χ1n) is 8.44. The highest BCUT2D eigenvalue weighted by Crippen LogP contribution is 2.39. The van der Waals surface area contributed by atoms with Crippen molar-refractivity contribution in [3.63, 3.8) is 0 Å². The van der Waals surface area contributed by atoms with Crippen LogP contribution < -0.4 is 10.3 Å². The van der Waals surface area contributed by atoms with E-state index in [-0.39, 0.29) is 27.5 Å². The highest BCUT2D eigenvalue weighted by molar-refractivity contribution is 7.94. The molecule has 1 aliphatic carbocycles. The van der Waals surface area contributed by atoms with Gasteiger partial charge in [-0.3, -0.25) is 9.52 Å². The van der Waals surface area contributed by atoms with Crippen LogP contribution in [0.2, 0.25) is 0 Å². The first kappa shape index (κ1) is 18.1. The Kier molecular flexibility index (Phi) is 4.53. The quantitative estimate of drug-likeness (QED) is 0.617. The molecule has 142 valence electrons. The second kappa shape index (κ2) is 6.74. The largest absolute Gasteiger partial charge is 0.393 e. The maximum absolute atomic E-state index is 14.3. The summed E-state index contributed by atoms with van der Waals surface area (Å²) in [6.45, 7) is 0. The van der Waals surface area contributed by atoms with Gasteiger partial charge in [-0.2, -0.15) is 0 Å². The molecule has 4 rings (SSSR count). The Bertz CT molecular complexity index is 1170. The molecular formula is C18H17FN2O4S2. The van der Waals surface area contributed by atoms with Gasteiger partial charge in [0.25, 0.3) is 10.0 Å². The summed E-state index contributed by atoms with van der Waals surface area (Å²) in [5, 5.41) is 10.6. The van der Waals surface area contributed by atoms with Gasteiger partial charge in [-0.15, -0.1) is 11.3 Å². The number of aromatic nitrogens is 1. The summed E-state index contributed by atoms with van der Waals surface area (Å²) in [5.74, 6) is -0.601. The first-order valence-corrected chi connectivity index (χ1v) is 10.7. The van der Waals surface area contributed by atoms with E-state index in [1.807, 2.05) is 0 Å². The van der Waals surface area contributed by atoms with Gasteiger partial charge in [0, 0.05) is 22.5 Å². The summed E-state index contributed by atoms with van der Waals surface area (Å²) in [5.41, 5.74) is -0.542. The number of hydrogen-bond donors (Lipinski definition) is 3. The lowest BCUT2D eigenvalue weighted by molar-refractivity contribution is 0.181. The maximum atomic E-state index is 14.3. The predicted octanol–water partition coefficient (Wildman–Crippen LogP) is 3.16. The number of sulfonamides is 1. The molecule has 1 saturated carbocycles. The van der Waals surface area contributed by atoms with E-state index in [1.54, 1.807) is 6.07 Å². The molecule has 2 atom stereocenters. The molecule has 6 nitrogen and oxygen atoms in total. The summed E-state index contributed by atoms with van der Waals surface area (Å²) < 4.78 is 42.0. The zero-order valence-corrected chi connectivity index (χ0v) is 15.7. The number of aliphatic hydroxyl groups excluding tert-OH is 1. The van der Waals surface area contributed by atoms with E-state index in [1.165, 1.54) is 24.4 Å². The minimum Gasteiger partial charge on any atom is -0.393 e. The van der Waals surface area contributed by atoms with Crippen LogP contribution in [0.5, 0.6) is 0 Å². The first-order chi connectivity index (χ1) is 12.8. The van der Waals surface area contributed by atoms with E-state index in [0.717, 1.165) is 28.7 Å². The summed E-state index contributed by atoms with van der Waals surface area (Å²) in [7, 11) is -3.94. The van der Waals surface area contributed by atoms with E-state index in [9.17, 15) is 22.7 Å². The Morgan fingerprint density at radius 3 is 2.74 bits per heavy atom. The number of H-pyrrole nitrogens is 1. The second-order valence-electron chi connectivity index (χ2n) is 6.68. The zero-order valence-electron chi connectivity index (χ0n) is 14.1. The zero-order chi connectivity index (χ0) is 19.2. The number of benzene rings is 1. The van der Waals surface area contributed by atoms with Crippen molar-refractivity contribution in [2.45, 2.75) is 35.5 Å². The number of halogens is 1. The van der Waals surface area contributed by atoms with Crippen LogP contribution in [0.25, 0.3) is 10.8 Å². The molecule has 2 unspecified atom stereocenters. The van der Waals surface area contributed by atoms with Gasteiger partial charge in [0.1, 0.15) is 10.0 Å². The van der Waals surface area contributed by atoms with Gasteiger partial charge in [-0.05, 0) is 54.8 Å². The highest BCUT2D eigenvalue weighted by atomic mass is 32.2. The van der Waals surface area contributed by atoms with E-state index < -0.39 is 15.8 Å². The molecule has 0 saturated heterocycles. The molecule has 1 fully saturated rings. The SMILES string of the molecule is O=c1cc2cc(F)c(NS(=O)(=O)c3ccc(C4CCC(O)C4)s3)cc2c[nH]1. The number of rotatable bonds is 4. The van der Waals surface area contributed by atoms with Gasteiger partial charge in [0.2, 0.25) is 5.56 Å². The standard InChI is InChI=1S/C18H17FN2O4S2/c19-14-6-11-8-17(23)20-9-12(11)7-15(14)21-27(24,25)18-4-3-16(26-18)10-1-2-13(22)5-10/h3-4,6-10,13,21-22H,1-2,5H2,(H,20,23). The fourth-order valence-corrected chi connectivity index (χ4v) is 5.91. The number of nitrogens with one attached hydrogen (secondary N) is 2. The Morgan fingerprint density at radius 1 is 1.19 bits per heavy atom. The van der Waals surface area contributed by atoms with Crippen molar-refractivity contribution in [3.8, 4) is 0 Å². The Hall–Kier alpha value is -2.23. The normalized spacial score (nSPS) is 20.2. The smallest absolute Gasteiger partial charge is 0.271 e. The fourth-order valence-electron chi connectivity index (χ4n) is 3.37. The molecule has 2 aromatic heterocycles. The second-order valence-corrected chi connectivity index (χ2v) is 9.71. The van der Waals surface area contributed by atoms with Crippen LogP contribution in [-0.4, -0.2) is 24.6 Å². The van der Waals surface area contributed by atoms with E-state index in [4.69, 9.17) is 0 Å². The maximum Gasteiger partial charge on any atom is 0.271 e. The minimum absolute atomic E-state index is 0.0971. The molecule has 3 aromatic rings. The van der Waals surface area contributed by atoms with Crippen molar-refractivity contribution in [2.75, 3.05) is 4.72 Å². The average molecular weight is 408 g/mol. The van der Waals surface area contributed by atoms with Gasteiger partial charge in [-0.1, -0.05) is 0 Å². The van der Waals surface area contributed by atoms with Gasteiger partial charge in [0.05, 0.1) is 11.8 Å². The van der Waals surface area contributed by atoms with Crippen LogP contribution in [0, 0.1) is 5.82 Å². The van der Waals surface area contributed by atoms with Crippen molar-refractivity contribution >= 4 is 37.8 Å². The lowest BCUT2D eigenvalue weighted by atomic mass is 10.1. The molecule has 2 heterocycles. The third-order valence-corrected chi connectivity index (χ3v) is 7.85. The number of hydrogen-bond acceptors (Lipinski definition) is 5. The third kappa shape index (κ3) is 3.62. The van der Waals surface area contributed by atoms with Gasteiger partial charge in [-0.25, -0.2) is 12.8 Å². The lowest BCUT2D eigenvalue weighted by Gasteiger charge is -2.09. The predicted molar refractivity (Wildman–Crippen MR) is 102 cm³/mol. The number of aliphatic hydroxyl groups is 1. The van der Waals surface area contributed by atoms with Crippen molar-refractivity contribution in [1.82, 2.24) is 4.98 Å². The monoisotopic (exact) mass is 408 g/mol. The lowest BCUT2D eigenvalue weighted by Crippen LogP contribution is -2.13. The van der Waals surface area contributed by atoms with Crippen LogP contribution >= 0.6 is 11.3 Å². The molecule has 3 N–H and O–H groups in total. The molecular weight excluding hydrogens is 391 g/mol. The molecule has 0 aliphatic heterocycles. The average Bonchev–Trinajstić information content (AvgIpc) is 3.25. The van der Waals surface area contributed by atoms with Crippen LogP contribution in [0.1, 0.15) is 30.1 Å². The Morgan fingerprint density at radius 2 is 2.00 bits per heavy atom. The molecule has 0 amide bonds. The van der Waals surface area contributed by atoms with Crippen LogP contribution in [-0.2, 0) is 10.0 Å². The van der Waals surface area contributed by atoms with Gasteiger partial charge in [0.15, 0.2) is 0 Å². The summed E-state index contributed by atoms with van der Waals surface area (Å²) >= 11 is 1.14. The minimum atomic E-state index is -3.94. The van der Waals surface area contributed by atoms with Gasteiger partial charge < -0.3 is 10.1 Å². The van der Waals surface area contributed by atoms with E-state index in [0.29, 0.717) is 23.6 Å². The Labute approximate surface area is 158 Å². The van der Waals surface area contributed by atoms with E-state index >= 15 is 0 Å². The van der Waals surface area contributed by atoms with Crippen molar-refractivity contribution in [3.05, 3.63) is 57.6 Å². The third-order valence-electron chi connectivity index (χ3n) is 4.75. The van der Waals surface area contributed by atoms with Crippen molar-refractivity contribution < 1.29 is 17.9 Å².